The Labute approximate surface area is 186 Å². The fraction of sp³-hybridized carbons (Fsp3) is 0.667. The number of sulfonamides is 1. The highest BCUT2D eigenvalue weighted by molar-refractivity contribution is 14.0. The summed E-state index contributed by atoms with van der Waals surface area (Å²) in [5.41, 5.74) is 0. The first-order chi connectivity index (χ1) is 11.9. The van der Waals surface area contributed by atoms with Crippen LogP contribution in [0.25, 0.3) is 0 Å². The lowest BCUT2D eigenvalue weighted by Crippen LogP contribution is -2.41. The minimum Gasteiger partial charge on any atom is -0.357 e. The van der Waals surface area contributed by atoms with Gasteiger partial charge in [-0.3, -0.25) is 4.99 Å². The molecule has 1 aliphatic rings. The van der Waals surface area contributed by atoms with Crippen LogP contribution in [-0.2, 0) is 16.6 Å². The summed E-state index contributed by atoms with van der Waals surface area (Å²) in [7, 11) is -1.29. The molecule has 26 heavy (non-hydrogen) atoms. The van der Waals surface area contributed by atoms with Gasteiger partial charge in [-0.25, -0.2) is 12.7 Å². The second-order valence-electron chi connectivity index (χ2n) is 5.62. The number of thiophene rings is 1. The number of thioether (sulfide) groups is 1. The van der Waals surface area contributed by atoms with Gasteiger partial charge in [0.2, 0.25) is 10.0 Å². The molecule has 6 nitrogen and oxygen atoms in total. The Balaban J connectivity index is 0.00000338. The zero-order valence-corrected chi connectivity index (χ0v) is 20.5. The molecule has 0 atom stereocenters. The predicted molar refractivity (Wildman–Crippen MR) is 125 cm³/mol. The van der Waals surface area contributed by atoms with Gasteiger partial charge in [-0.2, -0.15) is 11.8 Å². The number of rotatable bonds is 7. The molecule has 1 aromatic heterocycles. The maximum atomic E-state index is 12.4. The van der Waals surface area contributed by atoms with Gasteiger partial charge in [0.1, 0.15) is 0 Å². The van der Waals surface area contributed by atoms with Crippen molar-refractivity contribution >= 4 is 74.7 Å². The SMILES string of the molecule is CCNC(=NCCS(=O)(=O)N1CCSCC1)N(C)Cc1ccc(Cl)s1.I. The maximum Gasteiger partial charge on any atom is 0.215 e. The number of hydrogen-bond acceptors (Lipinski definition) is 5. The smallest absolute Gasteiger partial charge is 0.215 e. The van der Waals surface area contributed by atoms with Crippen molar-refractivity contribution in [3.8, 4) is 0 Å². The second-order valence-corrected chi connectivity index (χ2v) is 10.7. The van der Waals surface area contributed by atoms with Crippen LogP contribution in [0, 0.1) is 0 Å². The van der Waals surface area contributed by atoms with Crippen molar-refractivity contribution in [2.45, 2.75) is 13.5 Å². The van der Waals surface area contributed by atoms with E-state index in [-0.39, 0.29) is 36.3 Å². The summed E-state index contributed by atoms with van der Waals surface area (Å²) >= 11 is 9.31. The zero-order valence-electron chi connectivity index (χ0n) is 15.0. The second kappa shape index (κ2) is 11.9. The van der Waals surface area contributed by atoms with Gasteiger partial charge in [-0.15, -0.1) is 35.3 Å². The molecule has 0 unspecified atom stereocenters. The Morgan fingerprint density at radius 3 is 2.65 bits per heavy atom. The summed E-state index contributed by atoms with van der Waals surface area (Å²) in [6.07, 6.45) is 0. The lowest BCUT2D eigenvalue weighted by Gasteiger charge is -2.25. The molecule has 0 amide bonds. The van der Waals surface area contributed by atoms with Gasteiger partial charge in [0.15, 0.2) is 5.96 Å². The lowest BCUT2D eigenvalue weighted by atomic mass is 10.4. The van der Waals surface area contributed by atoms with Crippen molar-refractivity contribution in [1.29, 1.82) is 0 Å². The lowest BCUT2D eigenvalue weighted by molar-refractivity contribution is 0.443. The zero-order chi connectivity index (χ0) is 18.3. The topological polar surface area (TPSA) is 65.0 Å². The van der Waals surface area contributed by atoms with Gasteiger partial charge in [0.25, 0.3) is 0 Å². The Morgan fingerprint density at radius 2 is 2.08 bits per heavy atom. The molecule has 150 valence electrons. The van der Waals surface area contributed by atoms with Crippen LogP contribution < -0.4 is 5.32 Å². The highest BCUT2D eigenvalue weighted by atomic mass is 127. The number of halogens is 2. The predicted octanol–water partition coefficient (Wildman–Crippen LogP) is 2.80. The quantitative estimate of drug-likeness (QED) is 0.320. The van der Waals surface area contributed by atoms with Crippen LogP contribution in [-0.4, -0.2) is 74.1 Å². The van der Waals surface area contributed by atoms with Crippen LogP contribution >= 0.6 is 58.7 Å². The summed E-state index contributed by atoms with van der Waals surface area (Å²) in [6.45, 7) is 4.87. The minimum atomic E-state index is -3.22. The van der Waals surface area contributed by atoms with Crippen molar-refractivity contribution in [2.75, 3.05) is 50.5 Å². The molecule has 0 aromatic carbocycles. The first kappa shape index (κ1) is 24.3. The van der Waals surface area contributed by atoms with E-state index in [0.29, 0.717) is 25.6 Å². The molecule has 11 heteroatoms. The van der Waals surface area contributed by atoms with Gasteiger partial charge in [0.05, 0.1) is 23.2 Å². The van der Waals surface area contributed by atoms with Crippen LogP contribution in [0.15, 0.2) is 17.1 Å². The molecule has 0 radical (unpaired) electrons. The first-order valence-corrected chi connectivity index (χ1v) is 12.2. The molecule has 0 bridgehead atoms. The van der Waals surface area contributed by atoms with Crippen LogP contribution in [0.2, 0.25) is 4.34 Å². The Hall–Kier alpha value is 0.250. The number of hydrogen-bond donors (Lipinski definition) is 1. The summed E-state index contributed by atoms with van der Waals surface area (Å²) in [4.78, 5) is 7.61. The van der Waals surface area contributed by atoms with Gasteiger partial charge in [-0.05, 0) is 19.1 Å². The van der Waals surface area contributed by atoms with Crippen molar-refractivity contribution in [1.82, 2.24) is 14.5 Å². The molecule has 1 fully saturated rings. The highest BCUT2D eigenvalue weighted by Gasteiger charge is 2.23. The van der Waals surface area contributed by atoms with Gasteiger partial charge in [0, 0.05) is 43.1 Å². The van der Waals surface area contributed by atoms with E-state index in [0.717, 1.165) is 27.3 Å². The van der Waals surface area contributed by atoms with Gasteiger partial charge < -0.3 is 10.2 Å². The van der Waals surface area contributed by atoms with E-state index in [4.69, 9.17) is 11.6 Å². The van der Waals surface area contributed by atoms with E-state index in [9.17, 15) is 8.42 Å². The largest absolute Gasteiger partial charge is 0.357 e. The summed E-state index contributed by atoms with van der Waals surface area (Å²) in [5.74, 6) is 2.50. The van der Waals surface area contributed by atoms with Crippen LogP contribution in [0.4, 0.5) is 0 Å². The molecule has 1 N–H and O–H groups in total. The number of nitrogens with zero attached hydrogens (tertiary/aromatic N) is 3. The van der Waals surface area contributed by atoms with Crippen LogP contribution in [0.5, 0.6) is 0 Å². The van der Waals surface area contributed by atoms with Crippen molar-refractivity contribution in [2.24, 2.45) is 4.99 Å². The molecule has 0 saturated carbocycles. The molecular formula is C15H26ClIN4O2S3. The number of guanidine groups is 1. The third-order valence-corrected chi connectivity index (χ3v) is 7.70. The van der Waals surface area contributed by atoms with Crippen molar-refractivity contribution in [3.63, 3.8) is 0 Å². The molecule has 0 aliphatic carbocycles. The Bertz CT molecular complexity index is 678. The third-order valence-electron chi connectivity index (χ3n) is 3.69. The summed E-state index contributed by atoms with van der Waals surface area (Å²) in [5, 5.41) is 3.21. The standard InChI is InChI=1S/C15H25ClN4O2S3.HI/c1-3-17-15(19(2)12-13-4-5-14(16)24-13)18-6-11-25(21,22)20-7-9-23-10-8-20;/h4-5H,3,6-12H2,1-2H3,(H,17,18);1H. The average molecular weight is 553 g/mol. The summed E-state index contributed by atoms with van der Waals surface area (Å²) < 4.78 is 27.1. The normalized spacial score (nSPS) is 16.2. The Morgan fingerprint density at radius 1 is 1.38 bits per heavy atom. The average Bonchev–Trinajstić information content (AvgIpc) is 2.99. The monoisotopic (exact) mass is 552 g/mol. The molecular weight excluding hydrogens is 527 g/mol. The van der Waals surface area contributed by atoms with Gasteiger partial charge in [-0.1, -0.05) is 11.6 Å². The number of nitrogens with one attached hydrogen (secondary N) is 1. The highest BCUT2D eigenvalue weighted by Crippen LogP contribution is 2.22. The molecule has 2 heterocycles. The van der Waals surface area contributed by atoms with Gasteiger partial charge >= 0.3 is 0 Å². The van der Waals surface area contributed by atoms with E-state index in [1.54, 1.807) is 16.1 Å². The molecule has 1 aliphatic heterocycles. The van der Waals surface area contributed by atoms with E-state index >= 15 is 0 Å². The number of aliphatic imine (C=N–C) groups is 1. The Kier molecular flexibility index (Phi) is 11.2. The molecule has 1 saturated heterocycles. The van der Waals surface area contributed by atoms with Crippen molar-refractivity contribution in [3.05, 3.63) is 21.3 Å². The van der Waals surface area contributed by atoms with E-state index in [1.165, 1.54) is 11.3 Å². The fourth-order valence-electron chi connectivity index (χ4n) is 2.44. The first-order valence-electron chi connectivity index (χ1n) is 8.21. The molecule has 2 rings (SSSR count). The van der Waals surface area contributed by atoms with Crippen molar-refractivity contribution < 1.29 is 8.42 Å². The molecule has 1 aromatic rings. The summed E-state index contributed by atoms with van der Waals surface area (Å²) in [6, 6.07) is 3.87. The minimum absolute atomic E-state index is 0. The maximum absolute atomic E-state index is 12.4. The molecule has 0 spiro atoms. The third kappa shape index (κ3) is 7.70. The fourth-order valence-corrected chi connectivity index (χ4v) is 6.03. The van der Waals surface area contributed by atoms with Crippen LogP contribution in [0.1, 0.15) is 11.8 Å². The van der Waals surface area contributed by atoms with E-state index in [1.807, 2.05) is 31.0 Å². The van der Waals surface area contributed by atoms with E-state index < -0.39 is 10.0 Å². The van der Waals surface area contributed by atoms with Crippen LogP contribution in [0.3, 0.4) is 0 Å². The van der Waals surface area contributed by atoms with E-state index in [2.05, 4.69) is 10.3 Å².